The van der Waals surface area contributed by atoms with Crippen LogP contribution in [0, 0.1) is 0 Å². The summed E-state index contributed by atoms with van der Waals surface area (Å²) in [5.74, 6) is 0.731. The normalized spacial score (nSPS) is 22.6. The molecular formula is C15H14N4O. The van der Waals surface area contributed by atoms with Gasteiger partial charge in [0, 0.05) is 30.9 Å². The molecule has 100 valence electrons. The van der Waals surface area contributed by atoms with E-state index in [0.29, 0.717) is 18.7 Å². The molecule has 5 nitrogen and oxygen atoms in total. The Kier molecular flexibility index (Phi) is 2.16. The van der Waals surface area contributed by atoms with Gasteiger partial charge in [-0.2, -0.15) is 0 Å². The molecule has 0 radical (unpaired) electrons. The minimum atomic E-state index is -0.523. The van der Waals surface area contributed by atoms with Crippen molar-refractivity contribution >= 4 is 17.4 Å². The zero-order valence-corrected chi connectivity index (χ0v) is 11.1. The third-order valence-electron chi connectivity index (χ3n) is 4.30. The summed E-state index contributed by atoms with van der Waals surface area (Å²) in [6.07, 6.45) is 4.86. The van der Waals surface area contributed by atoms with Gasteiger partial charge >= 0.3 is 0 Å². The molecule has 4 rings (SSSR count). The van der Waals surface area contributed by atoms with Gasteiger partial charge in [0.15, 0.2) is 0 Å². The number of carbonyl (C=O) groups is 1. The number of aromatic nitrogens is 2. The van der Waals surface area contributed by atoms with E-state index >= 15 is 0 Å². The Balaban J connectivity index is 1.83. The van der Waals surface area contributed by atoms with Crippen LogP contribution in [-0.4, -0.2) is 22.9 Å². The summed E-state index contributed by atoms with van der Waals surface area (Å²) in [5.41, 5.74) is 3.60. The Labute approximate surface area is 116 Å². The first kappa shape index (κ1) is 11.4. The topological polar surface area (TPSA) is 66.9 Å². The van der Waals surface area contributed by atoms with Gasteiger partial charge in [0.05, 0.1) is 17.3 Å². The Morgan fingerprint density at radius 2 is 2.25 bits per heavy atom. The predicted octanol–water partition coefficient (Wildman–Crippen LogP) is 1.51. The molecular weight excluding hydrogens is 252 g/mol. The van der Waals surface area contributed by atoms with Crippen molar-refractivity contribution in [3.8, 4) is 0 Å². The van der Waals surface area contributed by atoms with Crippen LogP contribution < -0.4 is 10.6 Å². The van der Waals surface area contributed by atoms with Gasteiger partial charge in [0.25, 0.3) is 0 Å². The van der Waals surface area contributed by atoms with E-state index in [-0.39, 0.29) is 5.91 Å². The summed E-state index contributed by atoms with van der Waals surface area (Å²) in [6.45, 7) is 0. The Morgan fingerprint density at radius 1 is 1.35 bits per heavy atom. The molecule has 2 aromatic heterocycles. The van der Waals surface area contributed by atoms with Crippen LogP contribution in [0.2, 0.25) is 0 Å². The van der Waals surface area contributed by atoms with Gasteiger partial charge in [0.2, 0.25) is 5.91 Å². The highest BCUT2D eigenvalue weighted by molar-refractivity contribution is 6.06. The molecule has 1 aliphatic heterocycles. The van der Waals surface area contributed by atoms with Gasteiger partial charge < -0.3 is 10.6 Å². The molecule has 2 aliphatic rings. The van der Waals surface area contributed by atoms with Crippen LogP contribution in [0.5, 0.6) is 0 Å². The molecule has 2 N–H and O–H groups in total. The number of amides is 1. The number of hydrogen-bond acceptors (Lipinski definition) is 4. The molecule has 0 fully saturated rings. The van der Waals surface area contributed by atoms with E-state index in [2.05, 4.69) is 26.7 Å². The van der Waals surface area contributed by atoms with E-state index in [4.69, 9.17) is 0 Å². The molecule has 0 aromatic carbocycles. The number of fused-ring (bicyclic) bond motifs is 3. The number of nitrogens with zero attached hydrogens (tertiary/aromatic N) is 2. The number of anilines is 2. The van der Waals surface area contributed by atoms with E-state index in [9.17, 15) is 4.79 Å². The third kappa shape index (κ3) is 1.35. The van der Waals surface area contributed by atoms with Crippen molar-refractivity contribution in [1.29, 1.82) is 0 Å². The van der Waals surface area contributed by atoms with Gasteiger partial charge in [-0.25, -0.2) is 4.98 Å². The largest absolute Gasteiger partial charge is 0.387 e. The van der Waals surface area contributed by atoms with Crippen molar-refractivity contribution in [3.05, 3.63) is 47.4 Å². The van der Waals surface area contributed by atoms with Gasteiger partial charge in [-0.05, 0) is 24.1 Å². The molecule has 2 aromatic rings. The van der Waals surface area contributed by atoms with E-state index < -0.39 is 5.41 Å². The molecule has 1 amide bonds. The molecule has 0 saturated carbocycles. The second-order valence-electron chi connectivity index (χ2n) is 5.37. The summed E-state index contributed by atoms with van der Waals surface area (Å²) < 4.78 is 0. The number of carbonyl (C=O) groups excluding carboxylic acids is 1. The number of pyridine rings is 2. The first-order valence-corrected chi connectivity index (χ1v) is 6.65. The number of nitrogens with one attached hydrogen (secondary N) is 2. The highest BCUT2D eigenvalue weighted by atomic mass is 16.2. The zero-order valence-electron chi connectivity index (χ0n) is 11.1. The van der Waals surface area contributed by atoms with E-state index in [0.717, 1.165) is 22.5 Å². The van der Waals surface area contributed by atoms with Crippen LogP contribution in [0.15, 0.2) is 30.6 Å². The summed E-state index contributed by atoms with van der Waals surface area (Å²) in [7, 11) is 1.87. The fraction of sp³-hybridized carbons (Fsp3) is 0.267. The lowest BCUT2D eigenvalue weighted by atomic mass is 9.80. The van der Waals surface area contributed by atoms with E-state index in [1.54, 1.807) is 6.20 Å². The maximum Gasteiger partial charge on any atom is 0.237 e. The van der Waals surface area contributed by atoms with Crippen LogP contribution in [0.25, 0.3) is 0 Å². The lowest BCUT2D eigenvalue weighted by molar-refractivity contribution is -0.120. The highest BCUT2D eigenvalue weighted by Gasteiger charge is 2.51. The molecule has 1 spiro atoms. The maximum atomic E-state index is 12.5. The fourth-order valence-corrected chi connectivity index (χ4v) is 3.25. The van der Waals surface area contributed by atoms with Gasteiger partial charge in [-0.15, -0.1) is 0 Å². The average molecular weight is 266 g/mol. The summed E-state index contributed by atoms with van der Waals surface area (Å²) in [6, 6.07) is 5.96. The summed E-state index contributed by atoms with van der Waals surface area (Å²) in [5, 5.41) is 5.99. The van der Waals surface area contributed by atoms with Crippen LogP contribution in [-0.2, 0) is 23.1 Å². The summed E-state index contributed by atoms with van der Waals surface area (Å²) in [4.78, 5) is 21.2. The Hall–Kier alpha value is -2.43. The number of hydrogen-bond donors (Lipinski definition) is 2. The van der Waals surface area contributed by atoms with Gasteiger partial charge in [0.1, 0.15) is 5.82 Å². The molecule has 0 unspecified atom stereocenters. The smallest absolute Gasteiger partial charge is 0.237 e. The van der Waals surface area contributed by atoms with Crippen molar-refractivity contribution in [2.45, 2.75) is 18.3 Å². The highest BCUT2D eigenvalue weighted by Crippen LogP contribution is 2.46. The second-order valence-corrected chi connectivity index (χ2v) is 5.37. The molecule has 3 heterocycles. The van der Waals surface area contributed by atoms with Crippen LogP contribution in [0.1, 0.15) is 16.8 Å². The minimum absolute atomic E-state index is 0.0372. The number of rotatable bonds is 1. The molecule has 1 aliphatic carbocycles. The van der Waals surface area contributed by atoms with Crippen LogP contribution in [0.4, 0.5) is 11.5 Å². The van der Waals surface area contributed by atoms with Crippen molar-refractivity contribution in [3.63, 3.8) is 0 Å². The molecule has 5 heteroatoms. The molecule has 1 atom stereocenters. The second kappa shape index (κ2) is 3.79. The first-order valence-electron chi connectivity index (χ1n) is 6.65. The SMILES string of the molecule is CNc1cnc2c(c1)C[C@@]1(C2)C(=O)Nc2ncccc21. The minimum Gasteiger partial charge on any atom is -0.387 e. The lowest BCUT2D eigenvalue weighted by Gasteiger charge is -2.19. The van der Waals surface area contributed by atoms with Crippen molar-refractivity contribution in [2.75, 3.05) is 17.7 Å². The predicted molar refractivity (Wildman–Crippen MR) is 75.7 cm³/mol. The summed E-state index contributed by atoms with van der Waals surface area (Å²) >= 11 is 0. The Bertz CT molecular complexity index is 728. The van der Waals surface area contributed by atoms with Gasteiger partial charge in [-0.3, -0.25) is 9.78 Å². The van der Waals surface area contributed by atoms with E-state index in [1.807, 2.05) is 25.4 Å². The third-order valence-corrected chi connectivity index (χ3v) is 4.30. The zero-order chi connectivity index (χ0) is 13.7. The average Bonchev–Trinajstić information content (AvgIpc) is 2.98. The van der Waals surface area contributed by atoms with Crippen LogP contribution in [0.3, 0.4) is 0 Å². The van der Waals surface area contributed by atoms with Crippen LogP contribution >= 0.6 is 0 Å². The lowest BCUT2D eigenvalue weighted by Crippen LogP contribution is -2.35. The standard InChI is InChI=1S/C15H14N4O/c1-16-10-5-9-6-15(7-12(9)18-8-10)11-3-2-4-17-13(11)19-14(15)20/h2-5,8,16H,6-7H2,1H3,(H,17,19,20)/t15-/m0/s1. The quantitative estimate of drug-likeness (QED) is 0.821. The van der Waals surface area contributed by atoms with Crippen molar-refractivity contribution in [2.24, 2.45) is 0 Å². The van der Waals surface area contributed by atoms with E-state index in [1.165, 1.54) is 0 Å². The monoisotopic (exact) mass is 266 g/mol. The molecule has 0 bridgehead atoms. The molecule has 0 saturated heterocycles. The van der Waals surface area contributed by atoms with Crippen molar-refractivity contribution in [1.82, 2.24) is 9.97 Å². The molecule has 20 heavy (non-hydrogen) atoms. The maximum absolute atomic E-state index is 12.5. The Morgan fingerprint density at radius 3 is 3.10 bits per heavy atom. The first-order chi connectivity index (χ1) is 9.73. The van der Waals surface area contributed by atoms with Crippen molar-refractivity contribution < 1.29 is 4.79 Å². The van der Waals surface area contributed by atoms with Gasteiger partial charge in [-0.1, -0.05) is 6.07 Å². The fourth-order valence-electron chi connectivity index (χ4n) is 3.25.